The van der Waals surface area contributed by atoms with Crippen LogP contribution in [0.25, 0.3) is 22.3 Å². The molecule has 1 saturated heterocycles. The fourth-order valence-corrected chi connectivity index (χ4v) is 4.29. The molecule has 2 aromatic carbocycles. The van der Waals surface area contributed by atoms with Crippen LogP contribution in [-0.2, 0) is 7.05 Å². The number of aryl methyl sites for hydroxylation is 2. The molecule has 32 heavy (non-hydrogen) atoms. The van der Waals surface area contributed by atoms with Gasteiger partial charge in [0.2, 0.25) is 5.95 Å². The van der Waals surface area contributed by atoms with E-state index in [0.717, 1.165) is 31.7 Å². The summed E-state index contributed by atoms with van der Waals surface area (Å²) in [4.78, 5) is 14.2. The summed E-state index contributed by atoms with van der Waals surface area (Å²) in [5, 5.41) is 5.18. The molecule has 1 fully saturated rings. The van der Waals surface area contributed by atoms with Crippen molar-refractivity contribution in [2.24, 2.45) is 7.05 Å². The number of piperazine rings is 1. The fourth-order valence-electron chi connectivity index (χ4n) is 4.29. The number of rotatable bonds is 3. The van der Waals surface area contributed by atoms with Gasteiger partial charge >= 0.3 is 0 Å². The molecule has 164 valence electrons. The monoisotopic (exact) mass is 431 g/mol. The smallest absolute Gasteiger partial charge is 0.228 e. The predicted octanol–water partition coefficient (Wildman–Crippen LogP) is 3.70. The van der Waals surface area contributed by atoms with E-state index < -0.39 is 0 Å². The molecule has 5 rings (SSSR count). The van der Waals surface area contributed by atoms with Crippen LogP contribution in [0.3, 0.4) is 0 Å². The molecular formula is C24H26FN7. The van der Waals surface area contributed by atoms with Gasteiger partial charge in [-0.3, -0.25) is 4.68 Å². The van der Waals surface area contributed by atoms with Gasteiger partial charge in [0.15, 0.2) is 5.65 Å². The van der Waals surface area contributed by atoms with Gasteiger partial charge in [0.1, 0.15) is 11.6 Å². The third kappa shape index (κ3) is 3.41. The number of halogens is 1. The summed E-state index contributed by atoms with van der Waals surface area (Å²) in [6, 6.07) is 12.7. The Hall–Kier alpha value is -3.68. The van der Waals surface area contributed by atoms with Crippen LogP contribution in [0.5, 0.6) is 0 Å². The Morgan fingerprint density at radius 2 is 1.59 bits per heavy atom. The number of hydrogen-bond donors (Lipinski definition) is 1. The van der Waals surface area contributed by atoms with E-state index in [4.69, 9.17) is 15.7 Å². The van der Waals surface area contributed by atoms with Crippen LogP contribution in [0.4, 0.5) is 21.8 Å². The highest BCUT2D eigenvalue weighted by Gasteiger charge is 2.24. The molecule has 0 atom stereocenters. The van der Waals surface area contributed by atoms with Crippen molar-refractivity contribution in [2.45, 2.75) is 13.8 Å². The van der Waals surface area contributed by atoms with Crippen LogP contribution < -0.4 is 15.5 Å². The summed E-state index contributed by atoms with van der Waals surface area (Å²) in [5.41, 5.74) is 12.2. The molecule has 1 aliphatic heterocycles. The minimum Gasteiger partial charge on any atom is -0.383 e. The maximum absolute atomic E-state index is 13.5. The molecule has 2 aromatic heterocycles. The fraction of sp³-hybridized carbons (Fsp3) is 0.292. The highest BCUT2D eigenvalue weighted by atomic mass is 19.1. The average molecular weight is 432 g/mol. The number of anilines is 3. The van der Waals surface area contributed by atoms with Crippen molar-refractivity contribution in [3.8, 4) is 11.3 Å². The van der Waals surface area contributed by atoms with Gasteiger partial charge in [0.25, 0.3) is 0 Å². The Labute approximate surface area is 186 Å². The van der Waals surface area contributed by atoms with Crippen molar-refractivity contribution in [2.75, 3.05) is 41.7 Å². The molecule has 0 saturated carbocycles. The van der Waals surface area contributed by atoms with Gasteiger partial charge in [-0.05, 0) is 55.3 Å². The number of fused-ring (bicyclic) bond motifs is 1. The number of nitrogens with two attached hydrogens (primary N) is 1. The van der Waals surface area contributed by atoms with Crippen LogP contribution in [0.15, 0.2) is 42.5 Å². The molecule has 0 amide bonds. The number of nitrogen functional groups attached to an aromatic ring is 1. The topological polar surface area (TPSA) is 76.1 Å². The Kier molecular flexibility index (Phi) is 4.92. The van der Waals surface area contributed by atoms with Crippen molar-refractivity contribution < 1.29 is 4.39 Å². The molecule has 1 aliphatic rings. The lowest BCUT2D eigenvalue weighted by molar-refractivity contribution is 0.628. The first-order valence-electron chi connectivity index (χ1n) is 10.7. The normalized spacial score (nSPS) is 14.4. The third-order valence-electron chi connectivity index (χ3n) is 6.32. The molecule has 7 nitrogen and oxygen atoms in total. The Balaban J connectivity index is 1.49. The summed E-state index contributed by atoms with van der Waals surface area (Å²) in [6.07, 6.45) is 0. The van der Waals surface area contributed by atoms with E-state index in [2.05, 4.69) is 46.9 Å². The molecule has 0 unspecified atom stereocenters. The zero-order valence-corrected chi connectivity index (χ0v) is 18.5. The van der Waals surface area contributed by atoms with Crippen LogP contribution >= 0.6 is 0 Å². The quantitative estimate of drug-likeness (QED) is 0.533. The van der Waals surface area contributed by atoms with E-state index in [0.29, 0.717) is 28.5 Å². The van der Waals surface area contributed by atoms with Crippen molar-refractivity contribution in [3.05, 3.63) is 59.4 Å². The summed E-state index contributed by atoms with van der Waals surface area (Å²) >= 11 is 0. The summed E-state index contributed by atoms with van der Waals surface area (Å²) < 4.78 is 15.1. The third-order valence-corrected chi connectivity index (χ3v) is 6.32. The minimum absolute atomic E-state index is 0.291. The molecule has 2 N–H and O–H groups in total. The van der Waals surface area contributed by atoms with Crippen molar-refractivity contribution in [3.63, 3.8) is 0 Å². The largest absolute Gasteiger partial charge is 0.383 e. The predicted molar refractivity (Wildman–Crippen MR) is 126 cm³/mol. The van der Waals surface area contributed by atoms with Crippen LogP contribution in [0.1, 0.15) is 11.1 Å². The highest BCUT2D eigenvalue weighted by Crippen LogP contribution is 2.32. The zero-order chi connectivity index (χ0) is 22.4. The van der Waals surface area contributed by atoms with Gasteiger partial charge in [0, 0.05) is 44.5 Å². The first-order valence-corrected chi connectivity index (χ1v) is 10.7. The number of aromatic nitrogens is 4. The second kappa shape index (κ2) is 7.78. The molecule has 0 radical (unpaired) electrons. The Bertz CT molecular complexity index is 1290. The maximum Gasteiger partial charge on any atom is 0.228 e. The summed E-state index contributed by atoms with van der Waals surface area (Å²) in [5.74, 6) is 0.821. The molecule has 0 aliphatic carbocycles. The molecule has 4 aromatic rings. The van der Waals surface area contributed by atoms with Crippen molar-refractivity contribution >= 4 is 28.5 Å². The second-order valence-electron chi connectivity index (χ2n) is 8.28. The van der Waals surface area contributed by atoms with Gasteiger partial charge in [-0.1, -0.05) is 12.1 Å². The summed E-state index contributed by atoms with van der Waals surface area (Å²) in [6.45, 7) is 7.67. The lowest BCUT2D eigenvalue weighted by Gasteiger charge is -2.37. The van der Waals surface area contributed by atoms with Crippen molar-refractivity contribution in [1.82, 2.24) is 19.7 Å². The minimum atomic E-state index is -0.291. The van der Waals surface area contributed by atoms with Crippen LogP contribution in [0, 0.1) is 19.7 Å². The first-order chi connectivity index (χ1) is 15.4. The van der Waals surface area contributed by atoms with Gasteiger partial charge in [0.05, 0.1) is 11.1 Å². The maximum atomic E-state index is 13.5. The van der Waals surface area contributed by atoms with E-state index in [1.807, 2.05) is 0 Å². The molecule has 3 heterocycles. The van der Waals surface area contributed by atoms with Crippen LogP contribution in [-0.4, -0.2) is 45.9 Å². The highest BCUT2D eigenvalue weighted by molar-refractivity contribution is 5.98. The number of hydrogen-bond acceptors (Lipinski definition) is 6. The van der Waals surface area contributed by atoms with E-state index in [9.17, 15) is 4.39 Å². The molecular weight excluding hydrogens is 405 g/mol. The van der Waals surface area contributed by atoms with E-state index in [-0.39, 0.29) is 5.82 Å². The van der Waals surface area contributed by atoms with E-state index in [1.54, 1.807) is 23.9 Å². The van der Waals surface area contributed by atoms with Gasteiger partial charge in [-0.25, -0.2) is 9.37 Å². The van der Waals surface area contributed by atoms with E-state index in [1.165, 1.54) is 28.9 Å². The van der Waals surface area contributed by atoms with E-state index >= 15 is 0 Å². The molecule has 0 spiro atoms. The number of nitrogens with zero attached hydrogens (tertiary/aromatic N) is 6. The SMILES string of the molecule is Cc1cccc(N2CCN(c3nc(-c4ccc(F)cc4)c4c(N)n(C)nc4n3)CC2)c1C. The van der Waals surface area contributed by atoms with Gasteiger partial charge in [-0.15, -0.1) is 0 Å². The number of benzene rings is 2. The molecule has 8 heteroatoms. The molecule has 0 bridgehead atoms. The van der Waals surface area contributed by atoms with Gasteiger partial charge in [-0.2, -0.15) is 10.1 Å². The lowest BCUT2D eigenvalue weighted by atomic mass is 10.1. The Morgan fingerprint density at radius 1 is 0.906 bits per heavy atom. The lowest BCUT2D eigenvalue weighted by Crippen LogP contribution is -2.47. The first kappa shape index (κ1) is 20.2. The standard InChI is InChI=1S/C24H26FN7/c1-15-5-4-6-19(16(15)2)31-11-13-32(14-12-31)24-27-21(17-7-9-18(25)10-8-17)20-22(26)30(3)29-23(20)28-24/h4-10H,11-14,26H2,1-3H3. The van der Waals surface area contributed by atoms with Gasteiger partial charge < -0.3 is 15.5 Å². The van der Waals surface area contributed by atoms with Crippen molar-refractivity contribution in [1.29, 1.82) is 0 Å². The average Bonchev–Trinajstić information content (AvgIpc) is 3.09. The zero-order valence-electron chi connectivity index (χ0n) is 18.5. The summed E-state index contributed by atoms with van der Waals surface area (Å²) in [7, 11) is 1.79. The second-order valence-corrected chi connectivity index (χ2v) is 8.28. The Morgan fingerprint density at radius 3 is 2.31 bits per heavy atom. The van der Waals surface area contributed by atoms with Crippen LogP contribution in [0.2, 0.25) is 0 Å².